The summed E-state index contributed by atoms with van der Waals surface area (Å²) < 4.78 is 45.4. The number of nitrogens with zero attached hydrogens (tertiary/aromatic N) is 2. The molecule has 0 bridgehead atoms. The van der Waals surface area contributed by atoms with E-state index in [1.807, 2.05) is 11.8 Å². The fourth-order valence-corrected chi connectivity index (χ4v) is 6.88. The van der Waals surface area contributed by atoms with Crippen LogP contribution >= 0.6 is 11.6 Å². The van der Waals surface area contributed by atoms with Crippen LogP contribution in [-0.4, -0.2) is 60.4 Å². The summed E-state index contributed by atoms with van der Waals surface area (Å²) in [6, 6.07) is 4.12. The molecule has 0 spiro atoms. The van der Waals surface area contributed by atoms with E-state index in [-0.39, 0.29) is 28.9 Å². The molecule has 5 nitrogen and oxygen atoms in total. The van der Waals surface area contributed by atoms with E-state index in [2.05, 4.69) is 24.8 Å². The van der Waals surface area contributed by atoms with E-state index in [4.69, 9.17) is 16.3 Å². The van der Waals surface area contributed by atoms with Crippen molar-refractivity contribution in [3.05, 3.63) is 40.4 Å². The smallest absolute Gasteiger partial charge is 0.417 e. The molecule has 0 aromatic heterocycles. The summed E-state index contributed by atoms with van der Waals surface area (Å²) in [5.74, 6) is 0.429. The van der Waals surface area contributed by atoms with Crippen LogP contribution in [0.25, 0.3) is 0 Å². The number of anilines is 1. The summed E-state index contributed by atoms with van der Waals surface area (Å²) in [4.78, 5) is 15.9. The van der Waals surface area contributed by atoms with Gasteiger partial charge in [0.2, 0.25) is 0 Å². The van der Waals surface area contributed by atoms with Crippen molar-refractivity contribution in [1.29, 1.82) is 0 Å². The molecule has 3 aliphatic rings. The molecule has 2 fully saturated rings. The first-order valence-electron chi connectivity index (χ1n) is 13.2. The summed E-state index contributed by atoms with van der Waals surface area (Å²) in [6.45, 7) is 11.4. The Bertz CT molecular complexity index is 1020. The molecule has 1 aromatic rings. The molecular formula is C28H38ClF3N2O3. The number of alkyl halides is 3. The number of carbonyl (C=O) groups excluding carboxylic acids is 1. The molecule has 1 unspecified atom stereocenters. The fourth-order valence-electron chi connectivity index (χ4n) is 6.66. The lowest BCUT2D eigenvalue weighted by molar-refractivity contribution is -0.159. The highest BCUT2D eigenvalue weighted by Crippen LogP contribution is 2.51. The van der Waals surface area contributed by atoms with Gasteiger partial charge in [0.05, 0.1) is 16.2 Å². The average molecular weight is 543 g/mol. The zero-order valence-corrected chi connectivity index (χ0v) is 22.8. The second-order valence-electron chi connectivity index (χ2n) is 11.3. The Kier molecular flexibility index (Phi) is 8.22. The molecular weight excluding hydrogens is 505 g/mol. The second kappa shape index (κ2) is 10.8. The molecule has 0 amide bonds. The normalized spacial score (nSPS) is 31.9. The SMILES string of the molecule is CC(=O)O[C@@H]1C[C@@]2(O)[C@H](C)CC[C@@H](C(C)CN3CCN(c4ccc(Cl)c(C(F)(F)F)c4)CC3)[C@H]2C=C1C. The van der Waals surface area contributed by atoms with Crippen molar-refractivity contribution in [1.82, 2.24) is 4.90 Å². The van der Waals surface area contributed by atoms with E-state index in [0.29, 0.717) is 37.0 Å². The molecule has 4 rings (SSSR count). The van der Waals surface area contributed by atoms with Crippen molar-refractivity contribution in [3.63, 3.8) is 0 Å². The first-order valence-corrected chi connectivity index (χ1v) is 13.6. The second-order valence-corrected chi connectivity index (χ2v) is 11.7. The van der Waals surface area contributed by atoms with Crippen LogP contribution in [0.5, 0.6) is 0 Å². The summed E-state index contributed by atoms with van der Waals surface area (Å²) in [5.41, 5.74) is -0.152. The number of rotatable bonds is 5. The molecule has 1 heterocycles. The van der Waals surface area contributed by atoms with Gasteiger partial charge in [-0.1, -0.05) is 31.5 Å². The van der Waals surface area contributed by atoms with Crippen LogP contribution in [0.1, 0.15) is 52.5 Å². The molecule has 1 saturated carbocycles. The van der Waals surface area contributed by atoms with Gasteiger partial charge in [0.25, 0.3) is 0 Å². The first kappa shape index (κ1) is 28.2. The molecule has 0 radical (unpaired) electrons. The van der Waals surface area contributed by atoms with E-state index in [1.54, 1.807) is 6.07 Å². The third-order valence-corrected chi connectivity index (χ3v) is 9.20. The highest BCUT2D eigenvalue weighted by molar-refractivity contribution is 6.31. The summed E-state index contributed by atoms with van der Waals surface area (Å²) >= 11 is 5.79. The van der Waals surface area contributed by atoms with Crippen molar-refractivity contribution in [2.24, 2.45) is 23.7 Å². The van der Waals surface area contributed by atoms with Crippen LogP contribution in [0.2, 0.25) is 5.02 Å². The van der Waals surface area contributed by atoms with Crippen LogP contribution in [-0.2, 0) is 15.7 Å². The third-order valence-electron chi connectivity index (χ3n) is 8.87. The van der Waals surface area contributed by atoms with E-state index < -0.39 is 17.3 Å². The van der Waals surface area contributed by atoms with Crippen LogP contribution < -0.4 is 4.90 Å². The van der Waals surface area contributed by atoms with Gasteiger partial charge in [-0.05, 0) is 61.3 Å². The van der Waals surface area contributed by atoms with Gasteiger partial charge in [0.15, 0.2) is 0 Å². The maximum absolute atomic E-state index is 13.3. The van der Waals surface area contributed by atoms with Gasteiger partial charge in [-0.2, -0.15) is 13.2 Å². The van der Waals surface area contributed by atoms with Gasteiger partial charge < -0.3 is 14.7 Å². The van der Waals surface area contributed by atoms with E-state index in [9.17, 15) is 23.1 Å². The van der Waals surface area contributed by atoms with Gasteiger partial charge >= 0.3 is 12.1 Å². The quantitative estimate of drug-likeness (QED) is 0.377. The minimum absolute atomic E-state index is 0.00852. The largest absolute Gasteiger partial charge is 0.458 e. The molecule has 37 heavy (non-hydrogen) atoms. The van der Waals surface area contributed by atoms with Gasteiger partial charge in [-0.15, -0.1) is 0 Å². The van der Waals surface area contributed by atoms with Gasteiger partial charge in [-0.25, -0.2) is 0 Å². The standard InChI is InChI=1S/C28H38ClF3N2O3/c1-17-13-23-22(7-5-19(3)27(23,36)15-26(17)37-20(4)35)18(2)16-33-9-11-34(12-10-33)21-6-8-25(29)24(14-21)28(30,31)32/h6,8,13-14,18-19,22-23,26,36H,5,7,9-12,15-16H2,1-4H3/t18?,19-,22+,23-,26-,27-/m1/s1. The number of halogens is 4. The molecule has 1 saturated heterocycles. The number of piperazine rings is 1. The van der Waals surface area contributed by atoms with Crippen molar-refractivity contribution in [3.8, 4) is 0 Å². The number of ether oxygens (including phenoxy) is 1. The predicted octanol–water partition coefficient (Wildman–Crippen LogP) is 5.79. The van der Waals surface area contributed by atoms with Crippen molar-refractivity contribution in [2.45, 2.75) is 64.8 Å². The lowest BCUT2D eigenvalue weighted by atomic mass is 9.57. The van der Waals surface area contributed by atoms with Gasteiger partial charge in [0.1, 0.15) is 6.10 Å². The highest BCUT2D eigenvalue weighted by Gasteiger charge is 2.52. The van der Waals surface area contributed by atoms with E-state index in [0.717, 1.165) is 44.1 Å². The van der Waals surface area contributed by atoms with Gasteiger partial charge in [0, 0.05) is 57.7 Å². The Balaban J connectivity index is 1.40. The minimum Gasteiger partial charge on any atom is -0.458 e. The summed E-state index contributed by atoms with van der Waals surface area (Å²) in [5, 5.41) is 11.5. The van der Waals surface area contributed by atoms with E-state index >= 15 is 0 Å². The fraction of sp³-hybridized carbons (Fsp3) is 0.679. The Labute approximate surface area is 222 Å². The zero-order chi connectivity index (χ0) is 27.1. The van der Waals surface area contributed by atoms with Crippen molar-refractivity contribution >= 4 is 23.3 Å². The molecule has 2 aliphatic carbocycles. The average Bonchev–Trinajstić information content (AvgIpc) is 2.81. The number of benzene rings is 1. The van der Waals surface area contributed by atoms with Crippen LogP contribution in [0.4, 0.5) is 18.9 Å². The lowest BCUT2D eigenvalue weighted by Crippen LogP contribution is -2.56. The van der Waals surface area contributed by atoms with Crippen LogP contribution in [0.3, 0.4) is 0 Å². The molecule has 1 N–H and O–H groups in total. The number of carbonyl (C=O) groups is 1. The molecule has 206 valence electrons. The molecule has 9 heteroatoms. The number of hydrogen-bond donors (Lipinski definition) is 1. The van der Waals surface area contributed by atoms with Crippen LogP contribution in [0, 0.1) is 23.7 Å². The van der Waals surface area contributed by atoms with Crippen molar-refractivity contribution in [2.75, 3.05) is 37.6 Å². The molecule has 6 atom stereocenters. The Morgan fingerprint density at radius 2 is 1.92 bits per heavy atom. The lowest BCUT2D eigenvalue weighted by Gasteiger charge is -2.53. The highest BCUT2D eigenvalue weighted by atomic mass is 35.5. The third kappa shape index (κ3) is 5.96. The number of fused-ring (bicyclic) bond motifs is 1. The Hall–Kier alpha value is -1.77. The maximum atomic E-state index is 13.3. The zero-order valence-electron chi connectivity index (χ0n) is 22.0. The van der Waals surface area contributed by atoms with Crippen LogP contribution in [0.15, 0.2) is 29.8 Å². The number of esters is 1. The predicted molar refractivity (Wildman–Crippen MR) is 139 cm³/mol. The molecule has 1 aromatic carbocycles. The number of hydrogen-bond acceptors (Lipinski definition) is 5. The van der Waals surface area contributed by atoms with Crippen molar-refractivity contribution < 1.29 is 27.8 Å². The van der Waals surface area contributed by atoms with Gasteiger partial charge in [-0.3, -0.25) is 9.69 Å². The number of aliphatic hydroxyl groups is 1. The van der Waals surface area contributed by atoms with E-state index in [1.165, 1.54) is 13.0 Å². The minimum atomic E-state index is -4.48. The molecule has 1 aliphatic heterocycles. The monoisotopic (exact) mass is 542 g/mol. The topological polar surface area (TPSA) is 53.0 Å². The maximum Gasteiger partial charge on any atom is 0.417 e. The Morgan fingerprint density at radius 3 is 2.54 bits per heavy atom. The summed E-state index contributed by atoms with van der Waals surface area (Å²) in [7, 11) is 0. The Morgan fingerprint density at radius 1 is 1.24 bits per heavy atom. The first-order chi connectivity index (χ1) is 17.3. The summed E-state index contributed by atoms with van der Waals surface area (Å²) in [6.07, 6.45) is -0.327.